The zero-order valence-electron chi connectivity index (χ0n) is 13.7. The van der Waals surface area contributed by atoms with Gasteiger partial charge >= 0.3 is 0 Å². The number of hydrogen-bond acceptors (Lipinski definition) is 4. The molecule has 1 heterocycles. The molecule has 1 aliphatic rings. The van der Waals surface area contributed by atoms with Crippen LogP contribution < -0.4 is 16.0 Å². The first-order chi connectivity index (χ1) is 11.1. The fourth-order valence-electron chi connectivity index (χ4n) is 2.81. The maximum atomic E-state index is 12.7. The lowest BCUT2D eigenvalue weighted by Crippen LogP contribution is -2.54. The molecule has 0 aliphatic carbocycles. The molecular formula is C17H25N3O3. The summed E-state index contributed by atoms with van der Waals surface area (Å²) in [6.07, 6.45) is 1.42. The van der Waals surface area contributed by atoms with Crippen LogP contribution in [0.15, 0.2) is 30.3 Å². The molecule has 6 nitrogen and oxygen atoms in total. The van der Waals surface area contributed by atoms with Crippen LogP contribution >= 0.6 is 0 Å². The Morgan fingerprint density at radius 3 is 2.52 bits per heavy atom. The van der Waals surface area contributed by atoms with Crippen LogP contribution in [0.5, 0.6) is 0 Å². The van der Waals surface area contributed by atoms with Gasteiger partial charge in [-0.05, 0) is 45.0 Å². The summed E-state index contributed by atoms with van der Waals surface area (Å²) in [4.78, 5) is 24.9. The van der Waals surface area contributed by atoms with Crippen molar-refractivity contribution in [2.75, 3.05) is 32.1 Å². The molecule has 0 radical (unpaired) electrons. The number of piperidine rings is 1. The van der Waals surface area contributed by atoms with Gasteiger partial charge in [0, 0.05) is 12.8 Å². The Hall–Kier alpha value is -1.92. The quantitative estimate of drug-likeness (QED) is 0.735. The molecule has 2 rings (SSSR count). The van der Waals surface area contributed by atoms with Gasteiger partial charge in [-0.25, -0.2) is 0 Å². The second-order valence-corrected chi connectivity index (χ2v) is 6.01. The summed E-state index contributed by atoms with van der Waals surface area (Å²) >= 11 is 0. The topological polar surface area (TPSA) is 79.5 Å². The average Bonchev–Trinajstić information content (AvgIpc) is 2.56. The van der Waals surface area contributed by atoms with Gasteiger partial charge in [0.2, 0.25) is 11.8 Å². The minimum atomic E-state index is -0.605. The van der Waals surface area contributed by atoms with E-state index in [0.29, 0.717) is 25.1 Å². The molecule has 1 saturated heterocycles. The van der Waals surface area contributed by atoms with Crippen LogP contribution in [0.3, 0.4) is 0 Å². The lowest BCUT2D eigenvalue weighted by Gasteiger charge is -2.36. The number of anilines is 1. The van der Waals surface area contributed by atoms with Gasteiger partial charge in [0.25, 0.3) is 0 Å². The number of benzene rings is 1. The summed E-state index contributed by atoms with van der Waals surface area (Å²) in [6.45, 7) is 3.62. The van der Waals surface area contributed by atoms with Crippen molar-refractivity contribution in [1.82, 2.24) is 10.6 Å². The first-order valence-corrected chi connectivity index (χ1v) is 7.94. The smallest absolute Gasteiger partial charge is 0.246 e. The number of rotatable bonds is 6. The largest absolute Gasteiger partial charge is 0.384 e. The average molecular weight is 319 g/mol. The molecule has 1 aromatic rings. The van der Waals surface area contributed by atoms with E-state index in [2.05, 4.69) is 16.0 Å². The maximum absolute atomic E-state index is 12.7. The van der Waals surface area contributed by atoms with E-state index in [1.54, 1.807) is 14.0 Å². The molecule has 1 unspecified atom stereocenters. The highest BCUT2D eigenvalue weighted by Gasteiger charge is 2.40. The summed E-state index contributed by atoms with van der Waals surface area (Å²) in [5, 5.41) is 8.88. The van der Waals surface area contributed by atoms with E-state index in [9.17, 15) is 9.59 Å². The van der Waals surface area contributed by atoms with E-state index in [0.717, 1.165) is 13.1 Å². The minimum Gasteiger partial charge on any atom is -0.384 e. The van der Waals surface area contributed by atoms with Crippen LogP contribution in [0.25, 0.3) is 0 Å². The third-order valence-corrected chi connectivity index (χ3v) is 4.25. The number of nitrogens with one attached hydrogen (secondary N) is 3. The third-order valence-electron chi connectivity index (χ3n) is 4.25. The monoisotopic (exact) mass is 319 g/mol. The van der Waals surface area contributed by atoms with Gasteiger partial charge in [-0.3, -0.25) is 9.59 Å². The molecule has 2 amide bonds. The molecule has 1 aromatic carbocycles. The Labute approximate surface area is 137 Å². The Balaban J connectivity index is 1.95. The molecule has 6 heteroatoms. The first kappa shape index (κ1) is 17.4. The highest BCUT2D eigenvalue weighted by atomic mass is 16.5. The van der Waals surface area contributed by atoms with Crippen molar-refractivity contribution in [3.63, 3.8) is 0 Å². The van der Waals surface area contributed by atoms with Gasteiger partial charge in [0.05, 0.1) is 12.0 Å². The van der Waals surface area contributed by atoms with Gasteiger partial charge in [-0.15, -0.1) is 0 Å². The molecule has 126 valence electrons. The molecule has 0 saturated carbocycles. The third kappa shape index (κ3) is 4.53. The lowest BCUT2D eigenvalue weighted by atomic mass is 9.78. The molecule has 1 fully saturated rings. The van der Waals surface area contributed by atoms with Crippen molar-refractivity contribution < 1.29 is 14.3 Å². The molecule has 0 spiro atoms. The lowest BCUT2D eigenvalue weighted by molar-refractivity contribution is -0.138. The number of ether oxygens (including phenoxy) is 1. The standard InChI is InChI=1S/C17H25N3O3/c1-13(15(21)20-14-6-4-3-5-7-14)19-16(22)17(12-23-2)8-10-18-11-9-17/h3-7,13,18H,8-12H2,1-2H3,(H,19,22)(H,20,21). The van der Waals surface area contributed by atoms with E-state index in [1.165, 1.54) is 0 Å². The van der Waals surface area contributed by atoms with Crippen molar-refractivity contribution in [2.24, 2.45) is 5.41 Å². The number of carbonyl (C=O) groups is 2. The highest BCUT2D eigenvalue weighted by molar-refractivity contribution is 5.97. The number of methoxy groups -OCH3 is 1. The van der Waals surface area contributed by atoms with E-state index >= 15 is 0 Å². The van der Waals surface area contributed by atoms with E-state index in [1.807, 2.05) is 30.3 Å². The highest BCUT2D eigenvalue weighted by Crippen LogP contribution is 2.29. The molecule has 3 N–H and O–H groups in total. The second-order valence-electron chi connectivity index (χ2n) is 6.01. The number of para-hydroxylation sites is 1. The summed E-state index contributed by atoms with van der Waals surface area (Å²) in [5.41, 5.74) is 0.161. The second kappa shape index (κ2) is 8.08. The summed E-state index contributed by atoms with van der Waals surface area (Å²) in [5.74, 6) is -0.345. The van der Waals surface area contributed by atoms with Crippen LogP contribution in [-0.2, 0) is 14.3 Å². The summed E-state index contributed by atoms with van der Waals surface area (Å²) < 4.78 is 5.25. The van der Waals surface area contributed by atoms with Crippen molar-refractivity contribution >= 4 is 17.5 Å². The Kier molecular flexibility index (Phi) is 6.12. The van der Waals surface area contributed by atoms with Crippen molar-refractivity contribution in [3.05, 3.63) is 30.3 Å². The summed E-state index contributed by atoms with van der Waals surface area (Å²) in [6, 6.07) is 8.60. The Morgan fingerprint density at radius 1 is 1.26 bits per heavy atom. The molecule has 1 aliphatic heterocycles. The van der Waals surface area contributed by atoms with Gasteiger partial charge in [-0.1, -0.05) is 18.2 Å². The van der Waals surface area contributed by atoms with Crippen LogP contribution in [0.1, 0.15) is 19.8 Å². The normalized spacial score (nSPS) is 18.0. The Morgan fingerprint density at radius 2 is 1.91 bits per heavy atom. The number of amides is 2. The zero-order chi connectivity index (χ0) is 16.7. The SMILES string of the molecule is COCC1(C(=O)NC(C)C(=O)Nc2ccccc2)CCNCC1. The molecular weight excluding hydrogens is 294 g/mol. The van der Waals surface area contributed by atoms with Crippen LogP contribution in [-0.4, -0.2) is 44.7 Å². The molecule has 1 atom stereocenters. The zero-order valence-corrected chi connectivity index (χ0v) is 13.7. The predicted molar refractivity (Wildman–Crippen MR) is 89.1 cm³/mol. The van der Waals surface area contributed by atoms with Crippen LogP contribution in [0.2, 0.25) is 0 Å². The number of carbonyl (C=O) groups excluding carboxylic acids is 2. The van der Waals surface area contributed by atoms with Crippen molar-refractivity contribution in [2.45, 2.75) is 25.8 Å². The van der Waals surface area contributed by atoms with Crippen LogP contribution in [0.4, 0.5) is 5.69 Å². The number of hydrogen-bond donors (Lipinski definition) is 3. The predicted octanol–water partition coefficient (Wildman–Crippen LogP) is 1.15. The van der Waals surface area contributed by atoms with Crippen molar-refractivity contribution in [1.29, 1.82) is 0 Å². The Bertz CT molecular complexity index is 522. The van der Waals surface area contributed by atoms with Gasteiger partial charge in [0.1, 0.15) is 6.04 Å². The van der Waals surface area contributed by atoms with E-state index < -0.39 is 11.5 Å². The minimum absolute atomic E-state index is 0.114. The van der Waals surface area contributed by atoms with Crippen molar-refractivity contribution in [3.8, 4) is 0 Å². The van der Waals surface area contributed by atoms with Crippen LogP contribution in [0, 0.1) is 5.41 Å². The fraction of sp³-hybridized carbons (Fsp3) is 0.529. The van der Waals surface area contributed by atoms with Gasteiger partial charge < -0.3 is 20.7 Å². The molecule has 0 aromatic heterocycles. The fourth-order valence-corrected chi connectivity index (χ4v) is 2.81. The van der Waals surface area contributed by atoms with E-state index in [4.69, 9.17) is 4.74 Å². The first-order valence-electron chi connectivity index (χ1n) is 7.94. The van der Waals surface area contributed by atoms with Gasteiger partial charge in [0.15, 0.2) is 0 Å². The maximum Gasteiger partial charge on any atom is 0.246 e. The summed E-state index contributed by atoms with van der Waals surface area (Å²) in [7, 11) is 1.60. The molecule has 0 bridgehead atoms. The van der Waals surface area contributed by atoms with E-state index in [-0.39, 0.29) is 11.8 Å². The molecule has 23 heavy (non-hydrogen) atoms. The van der Waals surface area contributed by atoms with Gasteiger partial charge in [-0.2, -0.15) is 0 Å².